The number of carbonyl (C=O) groups excluding carboxylic acids is 2. The van der Waals surface area contributed by atoms with Crippen LogP contribution in [0.4, 0.5) is 0 Å². The van der Waals surface area contributed by atoms with Gasteiger partial charge in [0.2, 0.25) is 11.8 Å². The summed E-state index contributed by atoms with van der Waals surface area (Å²) in [5.74, 6) is 0.389. The number of hydrogen-bond acceptors (Lipinski definition) is 3. The Bertz CT molecular complexity index is 508. The lowest BCUT2D eigenvalue weighted by molar-refractivity contribution is -0.148. The first-order chi connectivity index (χ1) is 10.2. The summed E-state index contributed by atoms with van der Waals surface area (Å²) in [5.41, 5.74) is 1.12. The minimum absolute atomic E-state index is 0.0211. The van der Waals surface area contributed by atoms with E-state index in [0.717, 1.165) is 18.4 Å². The van der Waals surface area contributed by atoms with Crippen LogP contribution in [0.1, 0.15) is 50.6 Å². The molecule has 1 aromatic heterocycles. The van der Waals surface area contributed by atoms with Crippen molar-refractivity contribution in [1.29, 1.82) is 0 Å². The van der Waals surface area contributed by atoms with E-state index in [1.165, 1.54) is 19.3 Å². The van der Waals surface area contributed by atoms with Crippen molar-refractivity contribution in [1.82, 2.24) is 10.2 Å². The third-order valence-electron chi connectivity index (χ3n) is 4.79. The Kier molecular flexibility index (Phi) is 4.29. The molecule has 2 atom stereocenters. The van der Waals surface area contributed by atoms with Gasteiger partial charge < -0.3 is 10.2 Å². The number of amides is 2. The lowest BCUT2D eigenvalue weighted by atomic mass is 9.82. The topological polar surface area (TPSA) is 49.4 Å². The molecule has 2 aliphatic rings. The molecule has 0 spiro atoms. The van der Waals surface area contributed by atoms with Gasteiger partial charge in [0.25, 0.3) is 0 Å². The van der Waals surface area contributed by atoms with Crippen molar-refractivity contribution in [3.63, 3.8) is 0 Å². The highest BCUT2D eigenvalue weighted by Gasteiger charge is 2.40. The molecule has 4 nitrogen and oxygen atoms in total. The summed E-state index contributed by atoms with van der Waals surface area (Å²) in [4.78, 5) is 26.6. The monoisotopic (exact) mass is 306 g/mol. The fraction of sp³-hybridized carbons (Fsp3) is 0.625. The Morgan fingerprint density at radius 1 is 1.29 bits per heavy atom. The van der Waals surface area contributed by atoms with E-state index in [-0.39, 0.29) is 30.4 Å². The van der Waals surface area contributed by atoms with Crippen LogP contribution in [0.25, 0.3) is 0 Å². The molecule has 0 aromatic carbocycles. The molecule has 5 heteroatoms. The second kappa shape index (κ2) is 6.18. The molecular formula is C16H22N2O2S. The van der Waals surface area contributed by atoms with Crippen molar-refractivity contribution in [3.05, 3.63) is 22.4 Å². The van der Waals surface area contributed by atoms with Gasteiger partial charge in [0.05, 0.1) is 6.04 Å². The number of carbonyl (C=O) groups is 2. The maximum atomic E-state index is 12.8. The second-order valence-electron chi connectivity index (χ2n) is 6.14. The Balaban J connectivity index is 1.77. The summed E-state index contributed by atoms with van der Waals surface area (Å²) in [7, 11) is 0. The standard InChI is InChI=1S/C16H22N2O2S/c1-11(13-7-8-21-10-13)18-9-14(19)17-15(16(18)20)12-5-3-2-4-6-12/h7-8,10-12,15H,2-6,9H2,1H3,(H,17,19). The van der Waals surface area contributed by atoms with Crippen LogP contribution in [0.5, 0.6) is 0 Å². The quantitative estimate of drug-likeness (QED) is 0.933. The molecule has 1 N–H and O–H groups in total. The Morgan fingerprint density at radius 3 is 2.71 bits per heavy atom. The minimum atomic E-state index is -0.312. The first-order valence-electron chi connectivity index (χ1n) is 7.79. The van der Waals surface area contributed by atoms with E-state index in [1.807, 2.05) is 18.4 Å². The van der Waals surface area contributed by atoms with Crippen molar-refractivity contribution < 1.29 is 9.59 Å². The molecule has 1 aromatic rings. The van der Waals surface area contributed by atoms with Gasteiger partial charge in [-0.1, -0.05) is 19.3 Å². The van der Waals surface area contributed by atoms with Gasteiger partial charge in [-0.2, -0.15) is 11.3 Å². The predicted octanol–water partition coefficient (Wildman–Crippen LogP) is 2.72. The zero-order valence-corrected chi connectivity index (χ0v) is 13.2. The second-order valence-corrected chi connectivity index (χ2v) is 6.92. The molecule has 2 amide bonds. The largest absolute Gasteiger partial charge is 0.342 e. The first-order valence-corrected chi connectivity index (χ1v) is 8.73. The van der Waals surface area contributed by atoms with Crippen molar-refractivity contribution >= 4 is 23.2 Å². The Hall–Kier alpha value is -1.36. The number of nitrogens with one attached hydrogen (secondary N) is 1. The van der Waals surface area contributed by atoms with Crippen LogP contribution in [-0.4, -0.2) is 29.3 Å². The molecule has 3 rings (SSSR count). The zero-order chi connectivity index (χ0) is 14.8. The van der Waals surface area contributed by atoms with Gasteiger partial charge in [-0.25, -0.2) is 0 Å². The smallest absolute Gasteiger partial charge is 0.246 e. The van der Waals surface area contributed by atoms with Crippen LogP contribution >= 0.6 is 11.3 Å². The van der Waals surface area contributed by atoms with Crippen LogP contribution in [0.2, 0.25) is 0 Å². The van der Waals surface area contributed by atoms with Gasteiger partial charge in [-0.05, 0) is 48.1 Å². The molecule has 114 valence electrons. The van der Waals surface area contributed by atoms with Gasteiger partial charge in [0.1, 0.15) is 12.6 Å². The van der Waals surface area contributed by atoms with Crippen molar-refractivity contribution in [2.24, 2.45) is 5.92 Å². The average molecular weight is 306 g/mol. The van der Waals surface area contributed by atoms with E-state index in [4.69, 9.17) is 0 Å². The summed E-state index contributed by atoms with van der Waals surface area (Å²) in [5, 5.41) is 7.01. The molecule has 1 saturated carbocycles. The normalized spacial score (nSPS) is 25.8. The van der Waals surface area contributed by atoms with Gasteiger partial charge in [0, 0.05) is 0 Å². The molecular weight excluding hydrogens is 284 g/mol. The number of nitrogens with zero attached hydrogens (tertiary/aromatic N) is 1. The summed E-state index contributed by atoms with van der Waals surface area (Å²) < 4.78 is 0. The molecule has 0 radical (unpaired) electrons. The SMILES string of the molecule is CC(c1ccsc1)N1CC(=O)NC(C2CCCCC2)C1=O. The third kappa shape index (κ3) is 2.98. The van der Waals surface area contributed by atoms with Crippen LogP contribution in [0.15, 0.2) is 16.8 Å². The Labute approximate surface area is 129 Å². The average Bonchev–Trinajstić information content (AvgIpc) is 3.04. The van der Waals surface area contributed by atoms with E-state index < -0.39 is 0 Å². The highest BCUT2D eigenvalue weighted by Crippen LogP contribution is 2.31. The molecule has 1 aliphatic heterocycles. The first kappa shape index (κ1) is 14.6. The fourth-order valence-electron chi connectivity index (χ4n) is 3.50. The summed E-state index contributed by atoms with van der Waals surface area (Å²) in [6.45, 7) is 2.19. The summed E-state index contributed by atoms with van der Waals surface area (Å²) in [6, 6.07) is 1.69. The van der Waals surface area contributed by atoms with Crippen LogP contribution in [0.3, 0.4) is 0 Å². The van der Waals surface area contributed by atoms with Gasteiger partial charge >= 0.3 is 0 Å². The van der Waals surface area contributed by atoms with Crippen LogP contribution in [-0.2, 0) is 9.59 Å². The highest BCUT2D eigenvalue weighted by atomic mass is 32.1. The molecule has 2 unspecified atom stereocenters. The van der Waals surface area contributed by atoms with E-state index in [0.29, 0.717) is 5.92 Å². The minimum Gasteiger partial charge on any atom is -0.342 e. The van der Waals surface area contributed by atoms with E-state index in [1.54, 1.807) is 16.2 Å². The van der Waals surface area contributed by atoms with Crippen molar-refractivity contribution in [3.8, 4) is 0 Å². The lowest BCUT2D eigenvalue weighted by Crippen LogP contribution is -2.61. The van der Waals surface area contributed by atoms with E-state index >= 15 is 0 Å². The molecule has 2 heterocycles. The van der Waals surface area contributed by atoms with Gasteiger partial charge in [-0.3, -0.25) is 9.59 Å². The Morgan fingerprint density at radius 2 is 2.05 bits per heavy atom. The maximum absolute atomic E-state index is 12.8. The number of rotatable bonds is 3. The summed E-state index contributed by atoms with van der Waals surface area (Å²) >= 11 is 1.62. The highest BCUT2D eigenvalue weighted by molar-refractivity contribution is 7.07. The summed E-state index contributed by atoms with van der Waals surface area (Å²) in [6.07, 6.45) is 5.70. The third-order valence-corrected chi connectivity index (χ3v) is 5.50. The van der Waals surface area contributed by atoms with Crippen molar-refractivity contribution in [2.75, 3.05) is 6.54 Å². The molecule has 1 saturated heterocycles. The van der Waals surface area contributed by atoms with Crippen LogP contribution in [0, 0.1) is 5.92 Å². The lowest BCUT2D eigenvalue weighted by Gasteiger charge is -2.40. The van der Waals surface area contributed by atoms with Gasteiger partial charge in [0.15, 0.2) is 0 Å². The maximum Gasteiger partial charge on any atom is 0.246 e. The number of piperazine rings is 1. The molecule has 21 heavy (non-hydrogen) atoms. The fourth-order valence-corrected chi connectivity index (χ4v) is 4.25. The van der Waals surface area contributed by atoms with Gasteiger partial charge in [-0.15, -0.1) is 0 Å². The molecule has 2 fully saturated rings. The van der Waals surface area contributed by atoms with E-state index in [2.05, 4.69) is 10.7 Å². The zero-order valence-electron chi connectivity index (χ0n) is 12.4. The predicted molar refractivity (Wildman–Crippen MR) is 83.0 cm³/mol. The number of hydrogen-bond donors (Lipinski definition) is 1. The number of thiophene rings is 1. The van der Waals surface area contributed by atoms with Crippen molar-refractivity contribution in [2.45, 2.75) is 51.1 Å². The van der Waals surface area contributed by atoms with E-state index in [9.17, 15) is 9.59 Å². The molecule has 0 bridgehead atoms. The van der Waals surface area contributed by atoms with Crippen LogP contribution < -0.4 is 5.32 Å². The molecule has 1 aliphatic carbocycles.